The van der Waals surface area contributed by atoms with Crippen LogP contribution in [0, 0.1) is 0 Å². The van der Waals surface area contributed by atoms with Gasteiger partial charge in [0.15, 0.2) is 0 Å². The minimum absolute atomic E-state index is 0.0420. The topological polar surface area (TPSA) is 74.9 Å². The van der Waals surface area contributed by atoms with Gasteiger partial charge in [-0.1, -0.05) is 24.9 Å². The van der Waals surface area contributed by atoms with E-state index in [1.54, 1.807) is 0 Å². The summed E-state index contributed by atoms with van der Waals surface area (Å²) in [4.78, 5) is 7.36. The molecule has 1 heterocycles. The van der Waals surface area contributed by atoms with Crippen LogP contribution in [0.4, 0.5) is 0 Å². The smallest absolute Gasteiger partial charge is 0.150 e. The zero-order valence-electron chi connectivity index (χ0n) is 8.96. The molecule has 0 saturated heterocycles. The van der Waals surface area contributed by atoms with Crippen molar-refractivity contribution in [3.63, 3.8) is 0 Å². The first-order valence-corrected chi connectivity index (χ1v) is 5.64. The summed E-state index contributed by atoms with van der Waals surface area (Å²) in [5.41, 5.74) is 6.45. The molecular weight excluding hydrogens is 214 g/mol. The predicted molar refractivity (Wildman–Crippen MR) is 61.0 cm³/mol. The van der Waals surface area contributed by atoms with Gasteiger partial charge in [-0.05, 0) is 6.42 Å². The molecule has 0 bridgehead atoms. The number of aromatic nitrogens is 2. The normalized spacial score (nSPS) is 13.1. The van der Waals surface area contributed by atoms with Gasteiger partial charge in [-0.2, -0.15) is 0 Å². The number of nitrogens with one attached hydrogen (secondary N) is 1. The van der Waals surface area contributed by atoms with E-state index >= 15 is 0 Å². The Morgan fingerprint density at radius 1 is 1.60 bits per heavy atom. The molecule has 0 saturated carbocycles. The molecule has 4 N–H and O–H groups in total. The van der Waals surface area contributed by atoms with Crippen LogP contribution in [-0.4, -0.2) is 27.7 Å². The van der Waals surface area contributed by atoms with E-state index in [9.17, 15) is 0 Å². The number of hydrogen-bond acceptors (Lipinski definition) is 3. The molecule has 0 spiro atoms. The Bertz CT molecular complexity index is 301. The molecule has 1 atom stereocenters. The van der Waals surface area contributed by atoms with E-state index in [1.807, 2.05) is 0 Å². The van der Waals surface area contributed by atoms with Gasteiger partial charge in [-0.15, -0.1) is 0 Å². The fourth-order valence-corrected chi connectivity index (χ4v) is 1.59. The number of aryl methyl sites for hydroxylation is 1. The van der Waals surface area contributed by atoms with E-state index in [4.69, 9.17) is 22.4 Å². The number of imidazole rings is 1. The molecule has 1 unspecified atom stereocenters. The van der Waals surface area contributed by atoms with Gasteiger partial charge in [0.05, 0.1) is 12.3 Å². The first kappa shape index (κ1) is 12.5. The largest absolute Gasteiger partial charge is 0.395 e. The molecule has 5 heteroatoms. The Hall–Kier alpha value is -0.580. The maximum absolute atomic E-state index is 8.83. The lowest BCUT2D eigenvalue weighted by molar-refractivity contribution is 0.264. The van der Waals surface area contributed by atoms with Gasteiger partial charge >= 0.3 is 0 Å². The van der Waals surface area contributed by atoms with Gasteiger partial charge in [-0.25, -0.2) is 4.98 Å². The molecule has 1 aromatic heterocycles. The molecule has 0 aromatic carbocycles. The second kappa shape index (κ2) is 6.10. The van der Waals surface area contributed by atoms with Crippen LogP contribution >= 0.6 is 11.6 Å². The third-order valence-electron chi connectivity index (χ3n) is 2.25. The first-order chi connectivity index (χ1) is 7.17. The molecule has 15 heavy (non-hydrogen) atoms. The van der Waals surface area contributed by atoms with Crippen molar-refractivity contribution < 1.29 is 5.11 Å². The van der Waals surface area contributed by atoms with Gasteiger partial charge in [0.1, 0.15) is 11.0 Å². The molecule has 0 aliphatic heterocycles. The fourth-order valence-electron chi connectivity index (χ4n) is 1.36. The number of aromatic amines is 1. The standard InChI is InChI=1S/C10H18ClN3O/c1-2-3-4-9-13-8(10(11)14-9)5-7(12)6-15/h7,15H,2-6,12H2,1H3,(H,13,14). The Kier molecular flexibility index (Phi) is 5.08. The summed E-state index contributed by atoms with van der Waals surface area (Å²) in [6.07, 6.45) is 3.66. The van der Waals surface area contributed by atoms with Gasteiger partial charge < -0.3 is 15.8 Å². The molecule has 0 aliphatic carbocycles. The highest BCUT2D eigenvalue weighted by Gasteiger charge is 2.11. The number of unbranched alkanes of at least 4 members (excludes halogenated alkanes) is 1. The van der Waals surface area contributed by atoms with Crippen molar-refractivity contribution in [2.45, 2.75) is 38.6 Å². The number of aliphatic hydroxyl groups is 1. The van der Waals surface area contributed by atoms with Gasteiger partial charge in [-0.3, -0.25) is 0 Å². The number of nitrogens with zero attached hydrogens (tertiary/aromatic N) is 1. The lowest BCUT2D eigenvalue weighted by Crippen LogP contribution is -2.27. The monoisotopic (exact) mass is 231 g/mol. The number of nitrogens with two attached hydrogens (primary N) is 1. The summed E-state index contributed by atoms with van der Waals surface area (Å²) in [5, 5.41) is 9.31. The number of hydrogen-bond donors (Lipinski definition) is 3. The zero-order chi connectivity index (χ0) is 11.3. The van der Waals surface area contributed by atoms with E-state index in [2.05, 4.69) is 16.9 Å². The van der Waals surface area contributed by atoms with Crippen molar-refractivity contribution >= 4 is 11.6 Å². The number of rotatable bonds is 6. The quantitative estimate of drug-likeness (QED) is 0.690. The summed E-state index contributed by atoms with van der Waals surface area (Å²) in [7, 11) is 0. The SMILES string of the molecule is CCCCc1nc(Cl)c(CC(N)CO)[nH]1. The minimum Gasteiger partial charge on any atom is -0.395 e. The minimum atomic E-state index is -0.276. The van der Waals surface area contributed by atoms with E-state index < -0.39 is 0 Å². The predicted octanol–water partition coefficient (Wildman–Crippen LogP) is 1.27. The van der Waals surface area contributed by atoms with E-state index in [-0.39, 0.29) is 12.6 Å². The number of H-pyrrole nitrogens is 1. The Labute approximate surface area is 94.9 Å². The second-order valence-corrected chi connectivity index (χ2v) is 4.06. The zero-order valence-corrected chi connectivity index (χ0v) is 9.72. The Morgan fingerprint density at radius 2 is 2.33 bits per heavy atom. The third kappa shape index (κ3) is 3.81. The molecule has 0 fully saturated rings. The lowest BCUT2D eigenvalue weighted by Gasteiger charge is -2.05. The summed E-state index contributed by atoms with van der Waals surface area (Å²) in [6.45, 7) is 2.09. The third-order valence-corrected chi connectivity index (χ3v) is 2.56. The van der Waals surface area contributed by atoms with Crippen LogP contribution in [0.2, 0.25) is 5.15 Å². The summed E-state index contributed by atoms with van der Waals surface area (Å²) >= 11 is 5.95. The van der Waals surface area contributed by atoms with E-state index in [1.165, 1.54) is 0 Å². The first-order valence-electron chi connectivity index (χ1n) is 5.27. The van der Waals surface area contributed by atoms with Crippen molar-refractivity contribution in [3.8, 4) is 0 Å². The van der Waals surface area contributed by atoms with Crippen molar-refractivity contribution in [2.24, 2.45) is 5.73 Å². The highest BCUT2D eigenvalue weighted by atomic mass is 35.5. The molecule has 4 nitrogen and oxygen atoms in total. The van der Waals surface area contributed by atoms with Crippen molar-refractivity contribution in [1.29, 1.82) is 0 Å². The van der Waals surface area contributed by atoms with Crippen LogP contribution < -0.4 is 5.73 Å². The molecule has 0 amide bonds. The van der Waals surface area contributed by atoms with Gasteiger partial charge in [0, 0.05) is 18.9 Å². The maximum atomic E-state index is 8.83. The van der Waals surface area contributed by atoms with E-state index in [0.717, 1.165) is 30.8 Å². The van der Waals surface area contributed by atoms with Gasteiger partial charge in [0.2, 0.25) is 0 Å². The summed E-state index contributed by atoms with van der Waals surface area (Å²) in [6, 6.07) is -0.276. The van der Waals surface area contributed by atoms with Crippen molar-refractivity contribution in [3.05, 3.63) is 16.7 Å². The van der Waals surface area contributed by atoms with Crippen LogP contribution in [0.15, 0.2) is 0 Å². The molecule has 0 radical (unpaired) electrons. The van der Waals surface area contributed by atoms with Crippen LogP contribution in [0.5, 0.6) is 0 Å². The molecule has 1 aromatic rings. The average Bonchev–Trinajstić information content (AvgIpc) is 2.56. The molecular formula is C10H18ClN3O. The molecule has 1 rings (SSSR count). The summed E-state index contributed by atoms with van der Waals surface area (Å²) < 4.78 is 0. The van der Waals surface area contributed by atoms with Crippen LogP contribution in [-0.2, 0) is 12.8 Å². The summed E-state index contributed by atoms with van der Waals surface area (Å²) in [5.74, 6) is 0.905. The second-order valence-electron chi connectivity index (χ2n) is 3.70. The van der Waals surface area contributed by atoms with E-state index in [0.29, 0.717) is 11.6 Å². The average molecular weight is 232 g/mol. The highest BCUT2D eigenvalue weighted by molar-refractivity contribution is 6.30. The Balaban J connectivity index is 2.60. The van der Waals surface area contributed by atoms with Crippen molar-refractivity contribution in [1.82, 2.24) is 9.97 Å². The number of halogens is 1. The maximum Gasteiger partial charge on any atom is 0.150 e. The highest BCUT2D eigenvalue weighted by Crippen LogP contribution is 2.15. The molecule has 86 valence electrons. The van der Waals surface area contributed by atoms with Gasteiger partial charge in [0.25, 0.3) is 0 Å². The lowest BCUT2D eigenvalue weighted by atomic mass is 10.2. The van der Waals surface area contributed by atoms with Crippen LogP contribution in [0.25, 0.3) is 0 Å². The van der Waals surface area contributed by atoms with Crippen LogP contribution in [0.1, 0.15) is 31.3 Å². The van der Waals surface area contributed by atoms with Crippen molar-refractivity contribution in [2.75, 3.05) is 6.61 Å². The fraction of sp³-hybridized carbons (Fsp3) is 0.700. The number of aliphatic hydroxyl groups excluding tert-OH is 1. The molecule has 0 aliphatic rings. The van der Waals surface area contributed by atoms with Crippen LogP contribution in [0.3, 0.4) is 0 Å². The Morgan fingerprint density at radius 3 is 2.93 bits per heavy atom.